The summed E-state index contributed by atoms with van der Waals surface area (Å²) in [5.41, 5.74) is -5.65. The molecule has 0 saturated heterocycles. The number of thioether (sulfide) groups is 1. The Morgan fingerprint density at radius 1 is 0.958 bits per heavy atom. The van der Waals surface area contributed by atoms with E-state index in [-0.39, 0.29) is 10.9 Å². The van der Waals surface area contributed by atoms with Gasteiger partial charge in [-0.1, -0.05) is 18.2 Å². The molecule has 0 fully saturated rings. The lowest BCUT2D eigenvalue weighted by Gasteiger charge is -2.08. The molecule has 24 heavy (non-hydrogen) atoms. The maximum Gasteiger partial charge on any atom is 0.485 e. The Balaban J connectivity index is 0.000000307. The minimum Gasteiger partial charge on any atom is -0.741 e. The third-order valence-electron chi connectivity index (χ3n) is 2.79. The molecule has 132 valence electrons. The summed E-state index contributed by atoms with van der Waals surface area (Å²) in [5.74, 6) is 0. The van der Waals surface area contributed by atoms with Gasteiger partial charge in [0.25, 0.3) is 0 Å². The Bertz CT molecular complexity index is 730. The number of hydrogen-bond donors (Lipinski definition) is 0. The molecule has 2 aromatic rings. The van der Waals surface area contributed by atoms with Gasteiger partial charge < -0.3 is 4.55 Å². The molecule has 1 atom stereocenters. The summed E-state index contributed by atoms with van der Waals surface area (Å²) in [5, 5.41) is 0. The second-order valence-corrected chi connectivity index (χ2v) is 8.61. The zero-order valence-corrected chi connectivity index (χ0v) is 15.2. The lowest BCUT2D eigenvalue weighted by Crippen LogP contribution is -2.21. The molecule has 0 amide bonds. The molecule has 0 saturated carbocycles. The largest absolute Gasteiger partial charge is 0.741 e. The van der Waals surface area contributed by atoms with E-state index in [1.165, 1.54) is 14.7 Å². The van der Waals surface area contributed by atoms with Crippen LogP contribution in [0, 0.1) is 0 Å². The Morgan fingerprint density at radius 2 is 1.38 bits per heavy atom. The molecule has 1 unspecified atom stereocenters. The molecule has 0 aliphatic carbocycles. The molecule has 3 nitrogen and oxygen atoms in total. The molecule has 0 aliphatic rings. The SMILES string of the molecule is CSc1ccc([S+](C)c2ccccc2)cc1.O=S(=O)([O-])C(F)(F)F. The van der Waals surface area contributed by atoms with Crippen molar-refractivity contribution in [3.8, 4) is 0 Å². The normalized spacial score (nSPS) is 12.9. The van der Waals surface area contributed by atoms with E-state index in [1.807, 2.05) is 0 Å². The van der Waals surface area contributed by atoms with Crippen molar-refractivity contribution in [3.05, 3.63) is 54.6 Å². The highest BCUT2D eigenvalue weighted by Gasteiger charge is 2.36. The number of rotatable bonds is 3. The van der Waals surface area contributed by atoms with Crippen LogP contribution in [-0.4, -0.2) is 31.0 Å². The van der Waals surface area contributed by atoms with E-state index < -0.39 is 15.6 Å². The van der Waals surface area contributed by atoms with Crippen molar-refractivity contribution in [1.29, 1.82) is 0 Å². The van der Waals surface area contributed by atoms with Gasteiger partial charge in [0, 0.05) is 4.90 Å². The van der Waals surface area contributed by atoms with E-state index in [0.29, 0.717) is 0 Å². The predicted octanol–water partition coefficient (Wildman–Crippen LogP) is 4.13. The van der Waals surface area contributed by atoms with E-state index in [9.17, 15) is 13.2 Å². The van der Waals surface area contributed by atoms with Crippen molar-refractivity contribution < 1.29 is 26.1 Å². The van der Waals surface area contributed by atoms with Crippen molar-refractivity contribution in [1.82, 2.24) is 0 Å². The quantitative estimate of drug-likeness (QED) is 0.339. The summed E-state index contributed by atoms with van der Waals surface area (Å²) >= 11 is 1.79. The maximum atomic E-state index is 10.7. The molecular weight excluding hydrogens is 381 g/mol. The van der Waals surface area contributed by atoms with Crippen LogP contribution in [0.4, 0.5) is 13.2 Å². The van der Waals surface area contributed by atoms with Crippen LogP contribution in [0.5, 0.6) is 0 Å². The highest BCUT2D eigenvalue weighted by Crippen LogP contribution is 2.23. The fraction of sp³-hybridized carbons (Fsp3) is 0.200. The topological polar surface area (TPSA) is 57.2 Å². The highest BCUT2D eigenvalue weighted by molar-refractivity contribution is 7.98. The molecule has 0 aliphatic heterocycles. The van der Waals surface area contributed by atoms with Crippen molar-refractivity contribution in [2.75, 3.05) is 12.5 Å². The van der Waals surface area contributed by atoms with Gasteiger partial charge in [-0.15, -0.1) is 11.8 Å². The van der Waals surface area contributed by atoms with Crippen LogP contribution in [0.3, 0.4) is 0 Å². The van der Waals surface area contributed by atoms with E-state index in [0.717, 1.165) is 0 Å². The van der Waals surface area contributed by atoms with Crippen molar-refractivity contribution in [3.63, 3.8) is 0 Å². The lowest BCUT2D eigenvalue weighted by atomic mass is 10.4. The van der Waals surface area contributed by atoms with Gasteiger partial charge in [-0.3, -0.25) is 0 Å². The molecule has 2 rings (SSSR count). The van der Waals surface area contributed by atoms with Gasteiger partial charge in [-0.05, 0) is 42.7 Å². The first-order chi connectivity index (χ1) is 11.1. The molecular formula is C15H15F3O3S3. The highest BCUT2D eigenvalue weighted by atomic mass is 32.2. The zero-order chi connectivity index (χ0) is 18.4. The minimum absolute atomic E-state index is 0.184. The predicted molar refractivity (Wildman–Crippen MR) is 90.2 cm³/mol. The summed E-state index contributed by atoms with van der Waals surface area (Å²) in [6.07, 6.45) is 4.39. The van der Waals surface area contributed by atoms with E-state index in [1.54, 1.807) is 11.8 Å². The second-order valence-electron chi connectivity index (χ2n) is 4.40. The summed E-state index contributed by atoms with van der Waals surface area (Å²) in [4.78, 5) is 4.14. The Labute approximate surface area is 146 Å². The van der Waals surface area contributed by atoms with Crippen molar-refractivity contribution >= 4 is 32.8 Å². The van der Waals surface area contributed by atoms with Crippen molar-refractivity contribution in [2.24, 2.45) is 0 Å². The average molecular weight is 396 g/mol. The van der Waals surface area contributed by atoms with Gasteiger partial charge in [-0.25, -0.2) is 8.42 Å². The van der Waals surface area contributed by atoms with Crippen LogP contribution in [0.1, 0.15) is 0 Å². The monoisotopic (exact) mass is 396 g/mol. The summed E-state index contributed by atoms with van der Waals surface area (Å²) in [6.45, 7) is 0. The molecule has 0 aromatic heterocycles. The fourth-order valence-corrected chi connectivity index (χ4v) is 3.33. The van der Waals surface area contributed by atoms with Crippen molar-refractivity contribution in [2.45, 2.75) is 20.2 Å². The van der Waals surface area contributed by atoms with Gasteiger partial charge in [0.15, 0.2) is 19.9 Å². The third-order valence-corrected chi connectivity index (χ3v) is 6.06. The van der Waals surface area contributed by atoms with Gasteiger partial charge in [0.05, 0.1) is 10.9 Å². The summed E-state index contributed by atoms with van der Waals surface area (Å²) in [6, 6.07) is 19.6. The van der Waals surface area contributed by atoms with Gasteiger partial charge in [0.1, 0.15) is 6.26 Å². The molecule has 0 radical (unpaired) electrons. The zero-order valence-electron chi connectivity index (χ0n) is 12.8. The first-order valence-corrected chi connectivity index (χ1v) is 10.7. The van der Waals surface area contributed by atoms with Crippen LogP contribution >= 0.6 is 11.8 Å². The van der Waals surface area contributed by atoms with Crippen LogP contribution in [-0.2, 0) is 21.0 Å². The van der Waals surface area contributed by atoms with Crippen LogP contribution in [0.25, 0.3) is 0 Å². The molecule has 0 N–H and O–H groups in total. The number of hydrogen-bond acceptors (Lipinski definition) is 4. The smallest absolute Gasteiger partial charge is 0.485 e. The fourth-order valence-electron chi connectivity index (χ4n) is 1.54. The second kappa shape index (κ2) is 8.80. The first-order valence-electron chi connectivity index (χ1n) is 6.43. The Hall–Kier alpha value is -1.16. The maximum absolute atomic E-state index is 10.7. The molecule has 0 spiro atoms. The first kappa shape index (κ1) is 20.9. The molecule has 2 aromatic carbocycles. The lowest BCUT2D eigenvalue weighted by molar-refractivity contribution is -0.0517. The van der Waals surface area contributed by atoms with E-state index in [4.69, 9.17) is 13.0 Å². The van der Waals surface area contributed by atoms with Crippen LogP contribution < -0.4 is 0 Å². The number of halogens is 3. The molecule has 9 heteroatoms. The summed E-state index contributed by atoms with van der Waals surface area (Å²) in [7, 11) is -5.91. The van der Waals surface area contributed by atoms with E-state index >= 15 is 0 Å². The van der Waals surface area contributed by atoms with Gasteiger partial charge in [-0.2, -0.15) is 13.2 Å². The molecule has 0 bridgehead atoms. The van der Waals surface area contributed by atoms with Crippen LogP contribution in [0.2, 0.25) is 0 Å². The average Bonchev–Trinajstić information content (AvgIpc) is 2.54. The summed E-state index contributed by atoms with van der Waals surface area (Å²) < 4.78 is 58.9. The minimum atomic E-state index is -6.09. The Morgan fingerprint density at radius 3 is 1.75 bits per heavy atom. The standard InChI is InChI=1S/C14H15S2.CHF3O3S/c1-15-12-8-10-14(11-9-12)16(2)13-6-4-3-5-7-13;2-1(3,4)8(5,6)7/h3-11H,1-2H3;(H,5,6,7)/q+1;/p-1. The van der Waals surface area contributed by atoms with Crippen LogP contribution in [0.15, 0.2) is 69.3 Å². The third kappa shape index (κ3) is 6.39. The van der Waals surface area contributed by atoms with Gasteiger partial charge >= 0.3 is 5.51 Å². The number of alkyl halides is 3. The van der Waals surface area contributed by atoms with E-state index in [2.05, 4.69) is 67.1 Å². The number of benzene rings is 2. The van der Waals surface area contributed by atoms with Gasteiger partial charge in [0.2, 0.25) is 0 Å². The Kier molecular flexibility index (Phi) is 7.65. The molecule has 0 heterocycles.